The molecule has 3 heteroatoms. The molecular weight excluding hydrogens is 378 g/mol. The van der Waals surface area contributed by atoms with E-state index in [0.29, 0.717) is 17.9 Å². The van der Waals surface area contributed by atoms with Gasteiger partial charge in [-0.3, -0.25) is 4.90 Å². The highest BCUT2D eigenvalue weighted by Crippen LogP contribution is 2.29. The summed E-state index contributed by atoms with van der Waals surface area (Å²) >= 11 is 0. The van der Waals surface area contributed by atoms with Gasteiger partial charge in [0.1, 0.15) is 5.82 Å². The van der Waals surface area contributed by atoms with Crippen molar-refractivity contribution in [2.75, 3.05) is 27.2 Å². The topological polar surface area (TPSA) is 18.5 Å². The molecule has 3 rings (SSSR count). The van der Waals surface area contributed by atoms with Crippen LogP contribution in [0.5, 0.6) is 0 Å². The molecule has 1 unspecified atom stereocenters. The van der Waals surface area contributed by atoms with E-state index in [1.54, 1.807) is 0 Å². The van der Waals surface area contributed by atoms with E-state index >= 15 is 0 Å². The van der Waals surface area contributed by atoms with E-state index in [9.17, 15) is 0 Å². The number of benzene rings is 1. The van der Waals surface area contributed by atoms with Gasteiger partial charge in [-0.1, -0.05) is 55.5 Å². The van der Waals surface area contributed by atoms with E-state index in [-0.39, 0.29) is 0 Å². The number of rotatable bonds is 9. The van der Waals surface area contributed by atoms with Crippen LogP contribution in [0.2, 0.25) is 0 Å². The van der Waals surface area contributed by atoms with E-state index in [2.05, 4.69) is 86.6 Å². The largest absolute Gasteiger partial charge is 0.369 e. The molecule has 1 N–H and O–H groups in total. The maximum atomic E-state index is 4.40. The zero-order chi connectivity index (χ0) is 22.4. The fraction of sp³-hybridized carbons (Fsp3) is 0.571. The first-order chi connectivity index (χ1) is 14.8. The molecule has 1 atom stereocenters. The first-order valence-corrected chi connectivity index (χ1v) is 12.1. The van der Waals surface area contributed by atoms with Crippen LogP contribution in [0, 0.1) is 11.8 Å². The molecule has 1 fully saturated rings. The minimum absolute atomic E-state index is 0.558. The van der Waals surface area contributed by atoms with Crippen molar-refractivity contribution in [3.8, 4) is 0 Å². The molecule has 1 aliphatic heterocycles. The lowest BCUT2D eigenvalue weighted by atomic mass is 9.82. The highest BCUT2D eigenvalue weighted by atomic mass is 15.2. The quantitative estimate of drug-likeness (QED) is 0.404. The number of hydrogen-bond donors (Lipinski definition) is 1. The molecule has 1 saturated carbocycles. The van der Waals surface area contributed by atoms with Crippen LogP contribution in [-0.4, -0.2) is 43.0 Å². The predicted molar refractivity (Wildman–Crippen MR) is 134 cm³/mol. The van der Waals surface area contributed by atoms with Crippen LogP contribution in [-0.2, 0) is 13.0 Å². The maximum Gasteiger partial charge on any atom is 0.101 e. The van der Waals surface area contributed by atoms with Crippen molar-refractivity contribution < 1.29 is 0 Å². The van der Waals surface area contributed by atoms with Gasteiger partial charge in [-0.05, 0) is 74.5 Å². The fourth-order valence-corrected chi connectivity index (χ4v) is 5.15. The van der Waals surface area contributed by atoms with Crippen LogP contribution < -0.4 is 5.32 Å². The number of nitrogens with one attached hydrogen (secondary N) is 1. The van der Waals surface area contributed by atoms with Crippen molar-refractivity contribution in [3.63, 3.8) is 0 Å². The molecule has 0 bridgehead atoms. The SMILES string of the molecule is C=C(/C=C(/NC1CCC(C(=C)C)CC1)N(C)C)CC(C)CN1CCc2ccccc2C1. The van der Waals surface area contributed by atoms with Gasteiger partial charge in [-0.25, -0.2) is 0 Å². The second kappa shape index (κ2) is 11.0. The normalized spacial score (nSPS) is 23.0. The van der Waals surface area contributed by atoms with Gasteiger partial charge < -0.3 is 10.2 Å². The lowest BCUT2D eigenvalue weighted by molar-refractivity contribution is 0.220. The van der Waals surface area contributed by atoms with Crippen molar-refractivity contribution in [1.82, 2.24) is 15.1 Å². The first kappa shape index (κ1) is 23.7. The molecule has 0 saturated heterocycles. The Morgan fingerprint density at radius 3 is 2.48 bits per heavy atom. The molecule has 1 aliphatic carbocycles. The van der Waals surface area contributed by atoms with Gasteiger partial charge in [-0.15, -0.1) is 0 Å². The highest BCUT2D eigenvalue weighted by Gasteiger charge is 2.22. The second-order valence-corrected chi connectivity index (χ2v) is 10.2. The Hall–Kier alpha value is -2.00. The molecule has 31 heavy (non-hydrogen) atoms. The molecule has 2 aliphatic rings. The van der Waals surface area contributed by atoms with Gasteiger partial charge in [-0.2, -0.15) is 0 Å². The molecular formula is C28H43N3. The lowest BCUT2D eigenvalue weighted by Crippen LogP contribution is -2.37. The van der Waals surface area contributed by atoms with Crippen LogP contribution in [0.15, 0.2) is 60.5 Å². The summed E-state index contributed by atoms with van der Waals surface area (Å²) in [4.78, 5) is 4.80. The summed E-state index contributed by atoms with van der Waals surface area (Å²) in [6, 6.07) is 9.45. The molecule has 3 nitrogen and oxygen atoms in total. The maximum absolute atomic E-state index is 4.40. The van der Waals surface area contributed by atoms with Gasteiger partial charge in [0, 0.05) is 39.8 Å². The van der Waals surface area contributed by atoms with Crippen molar-refractivity contribution in [1.29, 1.82) is 0 Å². The number of allylic oxidation sites excluding steroid dienone is 3. The summed E-state index contributed by atoms with van der Waals surface area (Å²) in [6.07, 6.45) is 9.44. The Labute approximate surface area is 190 Å². The Morgan fingerprint density at radius 2 is 1.84 bits per heavy atom. The summed E-state index contributed by atoms with van der Waals surface area (Å²) in [5, 5.41) is 3.80. The van der Waals surface area contributed by atoms with E-state index in [4.69, 9.17) is 0 Å². The molecule has 1 aromatic rings. The van der Waals surface area contributed by atoms with Crippen molar-refractivity contribution in [2.24, 2.45) is 11.8 Å². The minimum atomic E-state index is 0.558. The first-order valence-electron chi connectivity index (χ1n) is 12.1. The standard InChI is InChI=1S/C28H43N3/c1-21(2)24-11-13-27(14-12-24)29-28(30(5)6)18-22(3)17-23(4)19-31-16-15-25-9-7-8-10-26(25)20-31/h7-10,18,23-24,27,29H,1,3,11-17,19-20H2,2,4-6H3/b28-18-. The van der Waals surface area contributed by atoms with Crippen LogP contribution in [0.1, 0.15) is 57.1 Å². The molecule has 0 radical (unpaired) electrons. The van der Waals surface area contributed by atoms with Crippen molar-refractivity contribution in [2.45, 2.75) is 65.0 Å². The number of fused-ring (bicyclic) bond motifs is 1. The third-order valence-electron chi connectivity index (χ3n) is 6.99. The summed E-state index contributed by atoms with van der Waals surface area (Å²) < 4.78 is 0. The van der Waals surface area contributed by atoms with Gasteiger partial charge in [0.2, 0.25) is 0 Å². The molecule has 0 amide bonds. The lowest BCUT2D eigenvalue weighted by Gasteiger charge is -2.33. The summed E-state index contributed by atoms with van der Waals surface area (Å²) in [5.74, 6) is 2.51. The molecule has 170 valence electrons. The van der Waals surface area contributed by atoms with Crippen LogP contribution in [0.3, 0.4) is 0 Å². The van der Waals surface area contributed by atoms with E-state index in [1.165, 1.54) is 66.7 Å². The third-order valence-corrected chi connectivity index (χ3v) is 6.99. The molecule has 1 heterocycles. The summed E-state index contributed by atoms with van der Waals surface area (Å²) in [7, 11) is 4.25. The zero-order valence-electron chi connectivity index (χ0n) is 20.3. The van der Waals surface area contributed by atoms with Gasteiger partial charge in [0.25, 0.3) is 0 Å². The zero-order valence-corrected chi connectivity index (χ0v) is 20.3. The summed E-state index contributed by atoms with van der Waals surface area (Å²) in [5.41, 5.74) is 5.59. The summed E-state index contributed by atoms with van der Waals surface area (Å²) in [6.45, 7) is 16.5. The average Bonchev–Trinajstić information content (AvgIpc) is 2.73. The molecule has 1 aromatic carbocycles. The Bertz CT molecular complexity index is 783. The van der Waals surface area contributed by atoms with E-state index in [1.807, 2.05) is 0 Å². The number of hydrogen-bond acceptors (Lipinski definition) is 3. The van der Waals surface area contributed by atoms with E-state index < -0.39 is 0 Å². The van der Waals surface area contributed by atoms with Crippen LogP contribution in [0.4, 0.5) is 0 Å². The molecule has 0 aromatic heterocycles. The highest BCUT2D eigenvalue weighted by molar-refractivity contribution is 5.29. The smallest absolute Gasteiger partial charge is 0.101 e. The Kier molecular flexibility index (Phi) is 8.43. The van der Waals surface area contributed by atoms with Crippen LogP contribution in [0.25, 0.3) is 0 Å². The van der Waals surface area contributed by atoms with Gasteiger partial charge in [0.05, 0.1) is 0 Å². The number of nitrogens with zero attached hydrogens (tertiary/aromatic N) is 2. The van der Waals surface area contributed by atoms with Gasteiger partial charge in [0.15, 0.2) is 0 Å². The van der Waals surface area contributed by atoms with Crippen LogP contribution >= 0.6 is 0 Å². The average molecular weight is 422 g/mol. The Morgan fingerprint density at radius 1 is 1.16 bits per heavy atom. The van der Waals surface area contributed by atoms with Gasteiger partial charge >= 0.3 is 0 Å². The third kappa shape index (κ3) is 7.00. The minimum Gasteiger partial charge on any atom is -0.369 e. The van der Waals surface area contributed by atoms with Crippen molar-refractivity contribution >= 4 is 0 Å². The van der Waals surface area contributed by atoms with E-state index in [0.717, 1.165) is 19.5 Å². The second-order valence-electron chi connectivity index (χ2n) is 10.2. The fourth-order valence-electron chi connectivity index (χ4n) is 5.15. The predicted octanol–water partition coefficient (Wildman–Crippen LogP) is 5.75. The molecule has 0 spiro atoms. The van der Waals surface area contributed by atoms with Crippen molar-refractivity contribution in [3.05, 3.63) is 71.6 Å². The monoisotopic (exact) mass is 421 g/mol. The Balaban J connectivity index is 1.49.